The molecule has 1 saturated carbocycles. The number of nitrogens with one attached hydrogen (secondary N) is 1. The van der Waals surface area contributed by atoms with Gasteiger partial charge in [0.1, 0.15) is 5.75 Å². The van der Waals surface area contributed by atoms with E-state index in [0.717, 1.165) is 0 Å². The lowest BCUT2D eigenvalue weighted by molar-refractivity contribution is -0.190. The number of fused-ring (bicyclic) bond motifs is 1. The van der Waals surface area contributed by atoms with Crippen molar-refractivity contribution in [1.82, 2.24) is 5.32 Å². The van der Waals surface area contributed by atoms with Gasteiger partial charge in [-0.25, -0.2) is 0 Å². The zero-order valence-corrected chi connectivity index (χ0v) is 20.0. The Hall–Kier alpha value is -3.36. The lowest BCUT2D eigenvalue weighted by Crippen LogP contribution is -2.64. The number of carbonyl (C=O) groups excluding carboxylic acids is 4. The molecule has 34 heavy (non-hydrogen) atoms. The third kappa shape index (κ3) is 4.03. The first-order valence-corrected chi connectivity index (χ1v) is 11.5. The minimum absolute atomic E-state index is 0.0281. The summed E-state index contributed by atoms with van der Waals surface area (Å²) in [5.41, 5.74) is -2.65. The summed E-state index contributed by atoms with van der Waals surface area (Å²) in [6, 6.07) is 6.92. The summed E-state index contributed by atoms with van der Waals surface area (Å²) in [6.07, 6.45) is 2.06. The zero-order chi connectivity index (χ0) is 24.9. The molecule has 1 aromatic carbocycles. The Labute approximate surface area is 198 Å². The summed E-state index contributed by atoms with van der Waals surface area (Å²) in [5, 5.41) is 2.81. The van der Waals surface area contributed by atoms with E-state index in [1.54, 1.807) is 58.2 Å². The number of allylic oxidation sites excluding steroid dienone is 1. The van der Waals surface area contributed by atoms with Gasteiger partial charge in [-0.15, -0.1) is 0 Å². The van der Waals surface area contributed by atoms with Crippen LogP contribution < -0.4 is 10.1 Å². The van der Waals surface area contributed by atoms with Gasteiger partial charge >= 0.3 is 17.9 Å². The van der Waals surface area contributed by atoms with Crippen LogP contribution in [0, 0.1) is 16.7 Å². The molecule has 184 valence electrons. The highest BCUT2D eigenvalue weighted by atomic mass is 16.6. The molecule has 1 aliphatic carbocycles. The minimum atomic E-state index is -1.87. The van der Waals surface area contributed by atoms with Crippen molar-refractivity contribution in [2.24, 2.45) is 16.7 Å². The predicted octanol–water partition coefficient (Wildman–Crippen LogP) is 2.63. The Morgan fingerprint density at radius 3 is 2.00 bits per heavy atom. The largest absolute Gasteiger partial charge is 0.497 e. The second-order valence-corrected chi connectivity index (χ2v) is 8.20. The molecular weight excluding hydrogens is 442 g/mol. The molecule has 1 fully saturated rings. The molecule has 0 saturated heterocycles. The van der Waals surface area contributed by atoms with Gasteiger partial charge in [-0.2, -0.15) is 0 Å². The van der Waals surface area contributed by atoms with Crippen LogP contribution in [0.4, 0.5) is 0 Å². The number of hydrogen-bond donors (Lipinski definition) is 1. The monoisotopic (exact) mass is 473 g/mol. The maximum Gasteiger partial charge on any atom is 0.324 e. The first-order valence-electron chi connectivity index (χ1n) is 11.5. The van der Waals surface area contributed by atoms with Crippen molar-refractivity contribution in [3.8, 4) is 5.75 Å². The van der Waals surface area contributed by atoms with Crippen LogP contribution in [0.3, 0.4) is 0 Å². The molecule has 2 atom stereocenters. The van der Waals surface area contributed by atoms with E-state index < -0.39 is 40.6 Å². The van der Waals surface area contributed by atoms with Gasteiger partial charge < -0.3 is 24.3 Å². The van der Waals surface area contributed by atoms with E-state index in [9.17, 15) is 19.2 Å². The topological polar surface area (TPSA) is 117 Å². The molecule has 0 unspecified atom stereocenters. The van der Waals surface area contributed by atoms with Gasteiger partial charge in [-0.05, 0) is 69.9 Å². The first-order chi connectivity index (χ1) is 16.3. The van der Waals surface area contributed by atoms with E-state index in [1.165, 1.54) is 0 Å². The molecule has 1 heterocycles. The molecule has 0 radical (unpaired) electrons. The van der Waals surface area contributed by atoms with E-state index in [4.69, 9.17) is 18.9 Å². The smallest absolute Gasteiger partial charge is 0.324 e. The Bertz CT molecular complexity index is 965. The summed E-state index contributed by atoms with van der Waals surface area (Å²) in [6.45, 7) is 4.99. The van der Waals surface area contributed by atoms with Crippen molar-refractivity contribution in [2.75, 3.05) is 26.9 Å². The number of carbonyl (C=O) groups is 4. The van der Waals surface area contributed by atoms with E-state index in [1.807, 2.05) is 0 Å². The van der Waals surface area contributed by atoms with E-state index >= 15 is 0 Å². The van der Waals surface area contributed by atoms with Crippen molar-refractivity contribution < 1.29 is 38.1 Å². The second-order valence-electron chi connectivity index (χ2n) is 8.20. The van der Waals surface area contributed by atoms with Crippen molar-refractivity contribution in [1.29, 1.82) is 0 Å². The van der Waals surface area contributed by atoms with Crippen molar-refractivity contribution in [3.63, 3.8) is 0 Å². The minimum Gasteiger partial charge on any atom is -0.497 e. The van der Waals surface area contributed by atoms with Gasteiger partial charge in [0.2, 0.25) is 5.91 Å². The maximum atomic E-state index is 13.6. The highest BCUT2D eigenvalue weighted by Gasteiger charge is 2.69. The average Bonchev–Trinajstić information content (AvgIpc) is 2.84. The van der Waals surface area contributed by atoms with Crippen LogP contribution in [-0.4, -0.2) is 50.7 Å². The van der Waals surface area contributed by atoms with Gasteiger partial charge in [0.05, 0.1) is 26.9 Å². The van der Waals surface area contributed by atoms with E-state index in [2.05, 4.69) is 5.32 Å². The highest BCUT2D eigenvalue weighted by Crippen LogP contribution is 2.56. The summed E-state index contributed by atoms with van der Waals surface area (Å²) < 4.78 is 21.1. The lowest BCUT2D eigenvalue weighted by atomic mass is 9.52. The fraction of sp³-hybridized carbons (Fsp3) is 0.520. The highest BCUT2D eigenvalue weighted by molar-refractivity contribution is 6.11. The lowest BCUT2D eigenvalue weighted by Gasteiger charge is -2.50. The molecule has 1 amide bonds. The number of benzene rings is 1. The molecular formula is C25H31NO8. The Morgan fingerprint density at radius 1 is 0.912 bits per heavy atom. The van der Waals surface area contributed by atoms with Crippen molar-refractivity contribution >= 4 is 29.5 Å². The molecule has 0 aromatic heterocycles. The van der Waals surface area contributed by atoms with Gasteiger partial charge in [-0.3, -0.25) is 19.2 Å². The molecule has 0 spiro atoms. The van der Waals surface area contributed by atoms with Gasteiger partial charge in [-0.1, -0.05) is 6.08 Å². The number of ether oxygens (including phenoxy) is 4. The Morgan fingerprint density at radius 2 is 1.47 bits per heavy atom. The number of esters is 3. The van der Waals surface area contributed by atoms with Crippen LogP contribution in [-0.2, 0) is 33.4 Å². The van der Waals surface area contributed by atoms with Crippen LogP contribution in [0.5, 0.6) is 5.75 Å². The Balaban J connectivity index is 2.26. The van der Waals surface area contributed by atoms with Crippen LogP contribution in [0.15, 0.2) is 30.3 Å². The maximum absolute atomic E-state index is 13.6. The fourth-order valence-electron chi connectivity index (χ4n) is 4.94. The number of rotatable bonds is 8. The van der Waals surface area contributed by atoms with Gasteiger partial charge in [0.15, 0.2) is 10.8 Å². The number of amides is 1. The fourth-order valence-corrected chi connectivity index (χ4v) is 4.94. The van der Waals surface area contributed by atoms with E-state index in [0.29, 0.717) is 17.0 Å². The molecule has 1 N–H and O–H groups in total. The molecule has 9 heteroatoms. The van der Waals surface area contributed by atoms with Gasteiger partial charge in [0.25, 0.3) is 0 Å². The number of hydrogen-bond acceptors (Lipinski definition) is 8. The summed E-state index contributed by atoms with van der Waals surface area (Å²) in [4.78, 5) is 53.7. The second kappa shape index (κ2) is 10.3. The van der Waals surface area contributed by atoms with Crippen LogP contribution in [0.2, 0.25) is 0 Å². The third-order valence-corrected chi connectivity index (χ3v) is 6.51. The standard InChI is InChI=1S/C25H31NO8/c1-5-32-21(28)24-13-8-14-25(22(29)33-6-2,23(30)34-7-3)19(24)15-18(26-20(24)27)16-9-11-17(31-4)12-10-16/h9-12,15,19H,5-8,13-14H2,1-4H3,(H,26,27)/t19-,24+/m1/s1. The zero-order valence-electron chi connectivity index (χ0n) is 20.0. The quantitative estimate of drug-likeness (QED) is 0.348. The molecule has 0 bridgehead atoms. The predicted molar refractivity (Wildman–Crippen MR) is 121 cm³/mol. The van der Waals surface area contributed by atoms with Gasteiger partial charge in [0, 0.05) is 11.6 Å². The first kappa shape index (κ1) is 25.3. The molecule has 2 aliphatic rings. The Kier molecular flexibility index (Phi) is 7.64. The molecule has 3 rings (SSSR count). The number of methoxy groups -OCH3 is 1. The molecule has 1 aromatic rings. The van der Waals surface area contributed by atoms with Crippen LogP contribution >= 0.6 is 0 Å². The summed E-state index contributed by atoms with van der Waals surface area (Å²) in [5.74, 6) is -3.56. The van der Waals surface area contributed by atoms with Crippen molar-refractivity contribution in [2.45, 2.75) is 40.0 Å². The van der Waals surface area contributed by atoms with Crippen LogP contribution in [0.1, 0.15) is 45.6 Å². The van der Waals surface area contributed by atoms with E-state index in [-0.39, 0.29) is 39.1 Å². The average molecular weight is 474 g/mol. The van der Waals surface area contributed by atoms with Crippen molar-refractivity contribution in [3.05, 3.63) is 35.9 Å². The van der Waals surface area contributed by atoms with Crippen LogP contribution in [0.25, 0.3) is 5.70 Å². The SMILES string of the molecule is CCOC(=O)C1(C(=O)OCC)CCC[C@@]2(C(=O)OCC)C(=O)NC(c3ccc(OC)cc3)=C[C@@H]12. The normalized spacial score (nSPS) is 23.0. The summed E-state index contributed by atoms with van der Waals surface area (Å²) >= 11 is 0. The summed E-state index contributed by atoms with van der Waals surface area (Å²) in [7, 11) is 1.54. The molecule has 9 nitrogen and oxygen atoms in total. The third-order valence-electron chi connectivity index (χ3n) is 6.51. The molecule has 1 aliphatic heterocycles.